The quantitative estimate of drug-likeness (QED) is 0.816. The van der Waals surface area contributed by atoms with E-state index in [1.165, 1.54) is 4.68 Å². The molecule has 0 aliphatic rings. The predicted molar refractivity (Wildman–Crippen MR) is 68.8 cm³/mol. The summed E-state index contributed by atoms with van der Waals surface area (Å²) in [5.41, 5.74) is 7.45. The number of nitrogens with two attached hydrogens (primary N) is 1. The van der Waals surface area contributed by atoms with E-state index in [2.05, 4.69) is 24.3 Å². The summed E-state index contributed by atoms with van der Waals surface area (Å²) in [5, 5.41) is 7.05. The van der Waals surface area contributed by atoms with Gasteiger partial charge < -0.3 is 11.1 Å². The lowest BCUT2D eigenvalue weighted by Gasteiger charge is -2.13. The van der Waals surface area contributed by atoms with E-state index in [9.17, 15) is 4.79 Å². The number of nitrogens with one attached hydrogen (secondary N) is 1. The molecule has 0 fully saturated rings. The van der Waals surface area contributed by atoms with Gasteiger partial charge in [-0.2, -0.15) is 5.10 Å². The molecule has 0 aliphatic heterocycles. The summed E-state index contributed by atoms with van der Waals surface area (Å²) >= 11 is 0. The van der Waals surface area contributed by atoms with Gasteiger partial charge >= 0.3 is 0 Å². The van der Waals surface area contributed by atoms with Crippen LogP contribution in [-0.2, 0) is 7.05 Å². The van der Waals surface area contributed by atoms with Gasteiger partial charge in [0.15, 0.2) is 0 Å². The summed E-state index contributed by atoms with van der Waals surface area (Å²) < 4.78 is 1.53. The second-order valence-electron chi connectivity index (χ2n) is 4.36. The average Bonchev–Trinajstić information content (AvgIpc) is 2.54. The van der Waals surface area contributed by atoms with Crippen molar-refractivity contribution in [3.05, 3.63) is 11.4 Å². The van der Waals surface area contributed by atoms with E-state index < -0.39 is 0 Å². The van der Waals surface area contributed by atoms with E-state index in [1.807, 2.05) is 0 Å². The van der Waals surface area contributed by atoms with E-state index in [4.69, 9.17) is 5.73 Å². The normalized spacial score (nSPS) is 10.9. The van der Waals surface area contributed by atoms with Crippen LogP contribution in [0.5, 0.6) is 0 Å². The number of aromatic nitrogens is 2. The van der Waals surface area contributed by atoms with Crippen molar-refractivity contribution in [3.63, 3.8) is 0 Å². The highest BCUT2D eigenvalue weighted by atomic mass is 16.2. The largest absolute Gasteiger partial charge is 0.395 e. The molecule has 0 unspecified atom stereocenters. The first-order valence-corrected chi connectivity index (χ1v) is 6.08. The Morgan fingerprint density at radius 3 is 2.47 bits per heavy atom. The molecule has 1 aromatic rings. The third-order valence-corrected chi connectivity index (χ3v) is 3.19. The second-order valence-corrected chi connectivity index (χ2v) is 4.36. The van der Waals surface area contributed by atoms with Crippen molar-refractivity contribution in [1.29, 1.82) is 0 Å². The number of rotatable bonds is 5. The van der Waals surface area contributed by atoms with Crippen LogP contribution in [0.4, 0.5) is 5.69 Å². The first-order chi connectivity index (χ1) is 8.01. The number of amides is 1. The van der Waals surface area contributed by atoms with Gasteiger partial charge in [-0.05, 0) is 12.8 Å². The Kier molecular flexibility index (Phi) is 4.54. The van der Waals surface area contributed by atoms with E-state index >= 15 is 0 Å². The minimum Gasteiger partial charge on any atom is -0.395 e. The smallest absolute Gasteiger partial charge is 0.271 e. The second kappa shape index (κ2) is 5.70. The summed E-state index contributed by atoms with van der Waals surface area (Å²) in [6, 6.07) is 0. The Balaban J connectivity index is 2.70. The fraction of sp³-hybridized carbons (Fsp3) is 0.667. The maximum Gasteiger partial charge on any atom is 0.271 e. The molecular weight excluding hydrogens is 216 g/mol. The molecule has 96 valence electrons. The summed E-state index contributed by atoms with van der Waals surface area (Å²) in [5.74, 6) is 0.381. The summed E-state index contributed by atoms with van der Waals surface area (Å²) in [6.45, 7) is 6.74. The van der Waals surface area contributed by atoms with Crippen molar-refractivity contribution in [2.75, 3.05) is 12.3 Å². The highest BCUT2D eigenvalue weighted by molar-refractivity contribution is 5.97. The molecule has 3 N–H and O–H groups in total. The Labute approximate surface area is 102 Å². The molecule has 0 atom stereocenters. The first kappa shape index (κ1) is 13.5. The van der Waals surface area contributed by atoms with E-state index in [1.54, 1.807) is 14.0 Å². The molecular formula is C12H22N4O. The zero-order valence-corrected chi connectivity index (χ0v) is 11.1. The van der Waals surface area contributed by atoms with Gasteiger partial charge in [0.1, 0.15) is 5.69 Å². The number of aryl methyl sites for hydroxylation is 2. The Morgan fingerprint density at radius 1 is 1.47 bits per heavy atom. The van der Waals surface area contributed by atoms with Gasteiger partial charge in [0, 0.05) is 13.6 Å². The topological polar surface area (TPSA) is 72.9 Å². The molecule has 17 heavy (non-hydrogen) atoms. The predicted octanol–water partition coefficient (Wildman–Crippen LogP) is 1.48. The van der Waals surface area contributed by atoms with Gasteiger partial charge in [-0.3, -0.25) is 9.48 Å². The fourth-order valence-corrected chi connectivity index (χ4v) is 1.84. The van der Waals surface area contributed by atoms with Gasteiger partial charge in [-0.25, -0.2) is 0 Å². The number of hydrogen-bond acceptors (Lipinski definition) is 3. The molecule has 0 saturated carbocycles. The number of nitrogens with zero attached hydrogens (tertiary/aromatic N) is 2. The number of carbonyl (C=O) groups excluding carboxylic acids is 1. The molecule has 5 nitrogen and oxygen atoms in total. The van der Waals surface area contributed by atoms with Crippen molar-refractivity contribution in [3.8, 4) is 0 Å². The molecule has 5 heteroatoms. The minimum atomic E-state index is -0.141. The Bertz CT molecular complexity index is 393. The van der Waals surface area contributed by atoms with Crippen molar-refractivity contribution >= 4 is 11.6 Å². The van der Waals surface area contributed by atoms with Crippen molar-refractivity contribution < 1.29 is 4.79 Å². The Hall–Kier alpha value is -1.52. The highest BCUT2D eigenvalue weighted by Crippen LogP contribution is 2.15. The van der Waals surface area contributed by atoms with Crippen molar-refractivity contribution in [2.45, 2.75) is 33.6 Å². The lowest BCUT2D eigenvalue weighted by Crippen LogP contribution is -2.30. The molecule has 1 rings (SSSR count). The minimum absolute atomic E-state index is 0.141. The van der Waals surface area contributed by atoms with Crippen LogP contribution in [0, 0.1) is 12.8 Å². The SMILES string of the molecule is CCC(CC)CNC(=O)c1c(N)c(C)nn1C. The van der Waals surface area contributed by atoms with E-state index in [-0.39, 0.29) is 5.91 Å². The van der Waals surface area contributed by atoms with Crippen LogP contribution in [0.3, 0.4) is 0 Å². The maximum absolute atomic E-state index is 12.0. The molecule has 0 aliphatic carbocycles. The van der Waals surface area contributed by atoms with Crippen molar-refractivity contribution in [2.24, 2.45) is 13.0 Å². The van der Waals surface area contributed by atoms with Crippen molar-refractivity contribution in [1.82, 2.24) is 15.1 Å². The van der Waals surface area contributed by atoms with Gasteiger partial charge in [0.05, 0.1) is 11.4 Å². The van der Waals surface area contributed by atoms with Crippen LogP contribution in [0.25, 0.3) is 0 Å². The van der Waals surface area contributed by atoms with Crippen LogP contribution in [-0.4, -0.2) is 22.2 Å². The maximum atomic E-state index is 12.0. The third-order valence-electron chi connectivity index (χ3n) is 3.19. The first-order valence-electron chi connectivity index (χ1n) is 6.08. The van der Waals surface area contributed by atoms with Crippen LogP contribution >= 0.6 is 0 Å². The lowest BCUT2D eigenvalue weighted by atomic mass is 10.0. The van der Waals surface area contributed by atoms with Crippen LogP contribution < -0.4 is 11.1 Å². The summed E-state index contributed by atoms with van der Waals surface area (Å²) in [6.07, 6.45) is 2.13. The molecule has 0 bridgehead atoms. The van der Waals surface area contributed by atoms with Gasteiger partial charge in [-0.15, -0.1) is 0 Å². The van der Waals surface area contributed by atoms with Gasteiger partial charge in [0.25, 0.3) is 5.91 Å². The third kappa shape index (κ3) is 2.99. The number of nitrogen functional groups attached to an aromatic ring is 1. The zero-order valence-electron chi connectivity index (χ0n) is 11.1. The van der Waals surface area contributed by atoms with Crippen LogP contribution in [0.15, 0.2) is 0 Å². The standard InChI is InChI=1S/C12H22N4O/c1-5-9(6-2)7-14-12(17)11-10(13)8(3)15-16(11)4/h9H,5-7,13H2,1-4H3,(H,14,17). The Morgan fingerprint density at radius 2 is 2.06 bits per heavy atom. The molecule has 0 saturated heterocycles. The highest BCUT2D eigenvalue weighted by Gasteiger charge is 2.18. The molecule has 0 aromatic carbocycles. The van der Waals surface area contributed by atoms with Crippen LogP contribution in [0.1, 0.15) is 42.9 Å². The van der Waals surface area contributed by atoms with E-state index in [0.29, 0.717) is 29.5 Å². The number of carbonyl (C=O) groups is 1. The van der Waals surface area contributed by atoms with Gasteiger partial charge in [0.2, 0.25) is 0 Å². The number of hydrogen-bond donors (Lipinski definition) is 2. The molecule has 1 aromatic heterocycles. The molecule has 1 amide bonds. The molecule has 0 spiro atoms. The fourth-order valence-electron chi connectivity index (χ4n) is 1.84. The number of anilines is 1. The zero-order chi connectivity index (χ0) is 13.0. The van der Waals surface area contributed by atoms with E-state index in [0.717, 1.165) is 12.8 Å². The molecule has 0 radical (unpaired) electrons. The van der Waals surface area contributed by atoms with Gasteiger partial charge in [-0.1, -0.05) is 26.7 Å². The summed E-state index contributed by atoms with van der Waals surface area (Å²) in [7, 11) is 1.73. The van der Waals surface area contributed by atoms with Crippen LogP contribution in [0.2, 0.25) is 0 Å². The summed E-state index contributed by atoms with van der Waals surface area (Å²) in [4.78, 5) is 12.0. The lowest BCUT2D eigenvalue weighted by molar-refractivity contribution is 0.0938. The molecule has 1 heterocycles. The monoisotopic (exact) mass is 238 g/mol. The average molecular weight is 238 g/mol.